The van der Waals surface area contributed by atoms with Crippen molar-refractivity contribution in [2.75, 3.05) is 49.3 Å². The van der Waals surface area contributed by atoms with E-state index in [2.05, 4.69) is 4.83 Å². The van der Waals surface area contributed by atoms with Crippen LogP contribution in [-0.2, 0) is 25.0 Å². The second-order valence-electron chi connectivity index (χ2n) is 6.77. The molecule has 7 nitrogen and oxygen atoms in total. The van der Waals surface area contributed by atoms with Crippen molar-refractivity contribution in [1.29, 1.82) is 0 Å². The molecule has 1 saturated heterocycles. The molecule has 1 aromatic rings. The van der Waals surface area contributed by atoms with E-state index in [1.807, 2.05) is 25.1 Å². The first kappa shape index (κ1) is 22.4. The van der Waals surface area contributed by atoms with Gasteiger partial charge in [0.1, 0.15) is 0 Å². The molecule has 1 N–H and O–H groups in total. The van der Waals surface area contributed by atoms with Gasteiger partial charge in [0.2, 0.25) is 15.9 Å². The van der Waals surface area contributed by atoms with E-state index in [9.17, 15) is 13.2 Å². The number of carbonyl (C=O) groups is 1. The lowest BCUT2D eigenvalue weighted by Crippen LogP contribution is -2.52. The third-order valence-electron chi connectivity index (χ3n) is 4.64. The minimum Gasteiger partial charge on any atom is -0.379 e. The predicted molar refractivity (Wildman–Crippen MR) is 108 cm³/mol. The molecule has 1 aromatic carbocycles. The van der Waals surface area contributed by atoms with Crippen molar-refractivity contribution in [1.82, 2.24) is 9.84 Å². The zero-order valence-electron chi connectivity index (χ0n) is 15.7. The largest absolute Gasteiger partial charge is 0.379 e. The average molecular weight is 438 g/mol. The molecule has 0 aromatic heterocycles. The highest BCUT2D eigenvalue weighted by Crippen LogP contribution is 2.42. The van der Waals surface area contributed by atoms with Crippen LogP contribution >= 0.6 is 23.2 Å². The number of hydrogen-bond donors (Lipinski definition) is 1. The summed E-state index contributed by atoms with van der Waals surface area (Å²) in [4.78, 5) is 16.9. The lowest BCUT2D eigenvalue weighted by Gasteiger charge is -2.29. The number of nitrogens with zero attached hydrogens (tertiary/aromatic N) is 2. The number of alkyl halides is 2. The zero-order valence-corrected chi connectivity index (χ0v) is 18.0. The Morgan fingerprint density at radius 3 is 2.44 bits per heavy atom. The van der Waals surface area contributed by atoms with Crippen molar-refractivity contribution in [3.8, 4) is 0 Å². The molecule has 1 atom stereocenters. The fraction of sp³-hybridized carbons (Fsp3) is 0.588. The molecule has 1 fully saturated rings. The molecular weight excluding hydrogens is 413 g/mol. The summed E-state index contributed by atoms with van der Waals surface area (Å²) < 4.78 is 30.5. The number of benzene rings is 1. The summed E-state index contributed by atoms with van der Waals surface area (Å²) in [5.41, 5.74) is 1.45. The lowest BCUT2D eigenvalue weighted by atomic mass is 9.85. The summed E-state index contributed by atoms with van der Waals surface area (Å²) in [7, 11) is -1.98. The minimum absolute atomic E-state index is 0.194. The number of likely N-dealkylation sites (N-methyl/N-ethyl adjacent to an activating group) is 1. The smallest absolute Gasteiger partial charge is 0.238 e. The van der Waals surface area contributed by atoms with Crippen molar-refractivity contribution in [3.05, 3.63) is 29.3 Å². The van der Waals surface area contributed by atoms with Crippen LogP contribution in [0.3, 0.4) is 0 Å². The van der Waals surface area contributed by atoms with Crippen molar-refractivity contribution >= 4 is 44.8 Å². The van der Waals surface area contributed by atoms with Crippen LogP contribution < -0.4 is 9.73 Å². The van der Waals surface area contributed by atoms with E-state index >= 15 is 0 Å². The quantitative estimate of drug-likeness (QED) is 0.726. The van der Waals surface area contributed by atoms with Gasteiger partial charge in [-0.05, 0) is 25.5 Å². The van der Waals surface area contributed by atoms with Gasteiger partial charge in [-0.1, -0.05) is 17.7 Å². The summed E-state index contributed by atoms with van der Waals surface area (Å²) in [6, 6.07) is 5.70. The molecular formula is C17H25Cl2N3O4S. The molecule has 3 rings (SSSR count). The van der Waals surface area contributed by atoms with Crippen molar-refractivity contribution in [2.45, 2.75) is 19.3 Å². The first-order chi connectivity index (χ1) is 12.6. The Bertz CT molecular complexity index is 784. The Balaban J connectivity index is 0.000000817. The van der Waals surface area contributed by atoms with Gasteiger partial charge in [-0.15, -0.1) is 28.0 Å². The van der Waals surface area contributed by atoms with Crippen LogP contribution in [0.4, 0.5) is 5.69 Å². The molecule has 0 unspecified atom stereocenters. The number of ether oxygens (including phenoxy) is 1. The van der Waals surface area contributed by atoms with Gasteiger partial charge in [-0.3, -0.25) is 4.79 Å². The third kappa shape index (κ3) is 5.13. The van der Waals surface area contributed by atoms with Crippen LogP contribution in [0.2, 0.25) is 0 Å². The Labute approximate surface area is 170 Å². The molecule has 0 radical (unpaired) electrons. The molecule has 0 spiro atoms. The number of amides is 1. The Morgan fingerprint density at radius 2 is 1.85 bits per heavy atom. The number of aryl methyl sites for hydroxylation is 1. The van der Waals surface area contributed by atoms with E-state index < -0.39 is 15.4 Å². The van der Waals surface area contributed by atoms with Gasteiger partial charge in [0.25, 0.3) is 0 Å². The summed E-state index contributed by atoms with van der Waals surface area (Å²) in [6.07, 6.45) is 0. The number of hydrazine groups is 1. The van der Waals surface area contributed by atoms with Crippen molar-refractivity contribution < 1.29 is 17.9 Å². The number of fused-ring (bicyclic) bond motifs is 1. The number of anilines is 1. The number of morpholine rings is 1. The molecule has 0 saturated carbocycles. The number of hydrogen-bond acceptors (Lipinski definition) is 5. The van der Waals surface area contributed by atoms with Crippen LogP contribution in [-0.4, -0.2) is 63.8 Å². The highest BCUT2D eigenvalue weighted by atomic mass is 35.5. The average Bonchev–Trinajstić information content (AvgIpc) is 2.77. The topological polar surface area (TPSA) is 79.0 Å². The predicted octanol–water partition coefficient (Wildman–Crippen LogP) is 1.82. The first-order valence-corrected chi connectivity index (χ1v) is 11.2. The van der Waals surface area contributed by atoms with Gasteiger partial charge in [-0.2, -0.15) is 0 Å². The number of rotatable bonds is 4. The zero-order chi connectivity index (χ0) is 20.2. The third-order valence-corrected chi connectivity index (χ3v) is 6.14. The second kappa shape index (κ2) is 9.07. The number of nitrogens with one attached hydrogen (secondary N) is 1. The minimum atomic E-state index is -3.66. The van der Waals surface area contributed by atoms with Crippen LogP contribution in [0.1, 0.15) is 18.1 Å². The van der Waals surface area contributed by atoms with Gasteiger partial charge in [-0.25, -0.2) is 13.4 Å². The van der Waals surface area contributed by atoms with Gasteiger partial charge in [0.15, 0.2) is 0 Å². The molecule has 152 valence electrons. The normalized spacial score (nSPS) is 23.0. The van der Waals surface area contributed by atoms with E-state index in [0.29, 0.717) is 26.3 Å². The second-order valence-corrected chi connectivity index (χ2v) is 9.28. The SMILES string of the molecule is Cc1ccc2c(c1)[C@@](C)(CS(=O)(=O)NN1CCOCC1)C(=O)N2C.ClCCl. The van der Waals surface area contributed by atoms with Crippen molar-refractivity contribution in [3.63, 3.8) is 0 Å². The number of carbonyl (C=O) groups excluding carboxylic acids is 1. The van der Waals surface area contributed by atoms with Gasteiger partial charge in [0.05, 0.1) is 29.7 Å². The fourth-order valence-electron chi connectivity index (χ4n) is 3.38. The molecule has 0 bridgehead atoms. The molecule has 1 amide bonds. The standard InChI is InChI=1S/C16H23N3O4S.CH2Cl2/c1-12-4-5-14-13(10-12)16(2,15(20)18(14)3)11-24(21,22)17-19-6-8-23-9-7-19;2-1-3/h4-5,10,17H,6-9,11H2,1-3H3;1H2/t16-;/m1./s1. The highest BCUT2D eigenvalue weighted by Gasteiger charge is 2.49. The summed E-state index contributed by atoms with van der Waals surface area (Å²) in [5.74, 6) is -0.479. The van der Waals surface area contributed by atoms with Gasteiger partial charge in [0, 0.05) is 25.8 Å². The van der Waals surface area contributed by atoms with E-state index in [0.717, 1.165) is 16.8 Å². The van der Waals surface area contributed by atoms with E-state index in [1.54, 1.807) is 23.9 Å². The highest BCUT2D eigenvalue weighted by molar-refractivity contribution is 7.89. The maximum atomic E-state index is 12.8. The molecule has 27 heavy (non-hydrogen) atoms. The monoisotopic (exact) mass is 437 g/mol. The van der Waals surface area contributed by atoms with Crippen LogP contribution in [0.25, 0.3) is 0 Å². The molecule has 2 aliphatic heterocycles. The summed E-state index contributed by atoms with van der Waals surface area (Å²) in [6.45, 7) is 5.62. The van der Waals surface area contributed by atoms with Crippen molar-refractivity contribution in [2.24, 2.45) is 0 Å². The lowest BCUT2D eigenvalue weighted by molar-refractivity contribution is -0.121. The molecule has 0 aliphatic carbocycles. The Morgan fingerprint density at radius 1 is 1.26 bits per heavy atom. The molecule has 10 heteroatoms. The van der Waals surface area contributed by atoms with Crippen LogP contribution in [0, 0.1) is 6.92 Å². The Kier molecular flexibility index (Phi) is 7.52. The first-order valence-electron chi connectivity index (χ1n) is 8.48. The van der Waals surface area contributed by atoms with E-state index in [-0.39, 0.29) is 17.0 Å². The Hall–Kier alpha value is -0.900. The summed E-state index contributed by atoms with van der Waals surface area (Å²) in [5, 5.41) is 1.82. The number of halogens is 2. The molecule has 2 aliphatic rings. The van der Waals surface area contributed by atoms with Crippen LogP contribution in [0.5, 0.6) is 0 Å². The fourth-order valence-corrected chi connectivity index (χ4v) is 5.06. The van der Waals surface area contributed by atoms with Gasteiger partial charge < -0.3 is 9.64 Å². The van der Waals surface area contributed by atoms with Gasteiger partial charge >= 0.3 is 0 Å². The maximum absolute atomic E-state index is 12.8. The molecule has 2 heterocycles. The summed E-state index contributed by atoms with van der Waals surface area (Å²) >= 11 is 9.53. The van der Waals surface area contributed by atoms with Crippen LogP contribution in [0.15, 0.2) is 18.2 Å². The van der Waals surface area contributed by atoms with E-state index in [4.69, 9.17) is 27.9 Å². The maximum Gasteiger partial charge on any atom is 0.238 e. The number of sulfonamides is 1. The van der Waals surface area contributed by atoms with E-state index in [1.165, 1.54) is 0 Å².